The minimum Gasteiger partial charge on any atom is -0.490 e. The zero-order valence-electron chi connectivity index (χ0n) is 17.0. The van der Waals surface area contributed by atoms with Crippen LogP contribution in [0.15, 0.2) is 47.8 Å². The maximum atomic E-state index is 12.3. The Labute approximate surface area is 175 Å². The van der Waals surface area contributed by atoms with Crippen molar-refractivity contribution in [1.29, 1.82) is 0 Å². The van der Waals surface area contributed by atoms with Crippen molar-refractivity contribution in [3.05, 3.63) is 53.9 Å². The number of hydrogen-bond acceptors (Lipinski definition) is 6. The molecule has 0 spiro atoms. The Morgan fingerprint density at radius 3 is 2.60 bits per heavy atom. The highest BCUT2D eigenvalue weighted by molar-refractivity contribution is 5.94. The highest BCUT2D eigenvalue weighted by Gasteiger charge is 2.17. The maximum Gasteiger partial charge on any atom is 0.271 e. The predicted octanol–water partition coefficient (Wildman–Crippen LogP) is 2.64. The van der Waals surface area contributed by atoms with Crippen LogP contribution in [0.25, 0.3) is 0 Å². The number of benzene rings is 1. The summed E-state index contributed by atoms with van der Waals surface area (Å²) in [5.41, 5.74) is 3.67. The van der Waals surface area contributed by atoms with Crippen LogP contribution in [0, 0.1) is 0 Å². The van der Waals surface area contributed by atoms with Crippen LogP contribution in [0.2, 0.25) is 0 Å². The number of hydrazone groups is 1. The van der Waals surface area contributed by atoms with Crippen molar-refractivity contribution in [3.63, 3.8) is 0 Å². The molecule has 3 rings (SSSR count). The third-order valence-corrected chi connectivity index (χ3v) is 4.65. The number of pyridine rings is 1. The van der Waals surface area contributed by atoms with Gasteiger partial charge in [-0.15, -0.1) is 0 Å². The minimum absolute atomic E-state index is 0.0124. The quantitative estimate of drug-likeness (QED) is 0.533. The van der Waals surface area contributed by atoms with E-state index in [2.05, 4.69) is 15.5 Å². The van der Waals surface area contributed by atoms with Crippen molar-refractivity contribution in [3.8, 4) is 11.5 Å². The SMILES string of the molecule is CCOc1cc(/C=N/NC(=O)c2ccncc2)ccc1OCC(=O)N1CCCCC1. The van der Waals surface area contributed by atoms with Crippen molar-refractivity contribution >= 4 is 18.0 Å². The van der Waals surface area contributed by atoms with E-state index in [4.69, 9.17) is 9.47 Å². The molecule has 0 radical (unpaired) electrons. The van der Waals surface area contributed by atoms with E-state index in [0.29, 0.717) is 23.7 Å². The molecule has 8 nitrogen and oxygen atoms in total. The molecule has 0 atom stereocenters. The fraction of sp³-hybridized carbons (Fsp3) is 0.364. The van der Waals surface area contributed by atoms with Crippen LogP contribution in [-0.4, -0.2) is 54.2 Å². The lowest BCUT2D eigenvalue weighted by atomic mass is 10.1. The van der Waals surface area contributed by atoms with Gasteiger partial charge in [0.05, 0.1) is 12.8 Å². The minimum atomic E-state index is -0.324. The molecule has 0 bridgehead atoms. The molecule has 158 valence electrons. The van der Waals surface area contributed by atoms with Crippen LogP contribution >= 0.6 is 0 Å². The molecule has 8 heteroatoms. The molecule has 2 heterocycles. The van der Waals surface area contributed by atoms with Gasteiger partial charge in [0.25, 0.3) is 11.8 Å². The summed E-state index contributed by atoms with van der Waals surface area (Å²) in [6.07, 6.45) is 7.86. The first-order valence-corrected chi connectivity index (χ1v) is 10.1. The molecule has 1 saturated heterocycles. The summed E-state index contributed by atoms with van der Waals surface area (Å²) in [7, 11) is 0. The van der Waals surface area contributed by atoms with E-state index in [1.807, 2.05) is 11.8 Å². The molecule has 0 aliphatic carbocycles. The second-order valence-electron chi connectivity index (χ2n) is 6.80. The number of carbonyl (C=O) groups excluding carboxylic acids is 2. The number of rotatable bonds is 8. The smallest absolute Gasteiger partial charge is 0.271 e. The topological polar surface area (TPSA) is 93.1 Å². The number of nitrogens with zero attached hydrogens (tertiary/aromatic N) is 3. The van der Waals surface area contributed by atoms with E-state index in [-0.39, 0.29) is 18.4 Å². The molecule has 1 aromatic heterocycles. The molecule has 1 aromatic carbocycles. The Hall–Kier alpha value is -3.42. The number of hydrogen-bond donors (Lipinski definition) is 1. The molecule has 2 aromatic rings. The number of likely N-dealkylation sites (tertiary alicyclic amines) is 1. The molecule has 1 aliphatic heterocycles. The van der Waals surface area contributed by atoms with Crippen LogP contribution < -0.4 is 14.9 Å². The Morgan fingerprint density at radius 2 is 1.87 bits per heavy atom. The number of piperidine rings is 1. The van der Waals surface area contributed by atoms with E-state index in [9.17, 15) is 9.59 Å². The van der Waals surface area contributed by atoms with E-state index in [1.165, 1.54) is 12.6 Å². The van der Waals surface area contributed by atoms with Gasteiger partial charge in [0.2, 0.25) is 0 Å². The summed E-state index contributed by atoms with van der Waals surface area (Å²) < 4.78 is 11.4. The third kappa shape index (κ3) is 6.04. The van der Waals surface area contributed by atoms with Gasteiger partial charge in [0.1, 0.15) is 0 Å². The summed E-state index contributed by atoms with van der Waals surface area (Å²) >= 11 is 0. The predicted molar refractivity (Wildman–Crippen MR) is 113 cm³/mol. The number of ether oxygens (including phenoxy) is 2. The van der Waals surface area contributed by atoms with Gasteiger partial charge in [-0.05, 0) is 62.1 Å². The average molecular weight is 410 g/mol. The number of carbonyl (C=O) groups is 2. The molecular formula is C22H26N4O4. The molecule has 2 amide bonds. The van der Waals surface area contributed by atoms with E-state index < -0.39 is 0 Å². The van der Waals surface area contributed by atoms with Gasteiger partial charge >= 0.3 is 0 Å². The maximum absolute atomic E-state index is 12.3. The number of aromatic nitrogens is 1. The van der Waals surface area contributed by atoms with Crippen molar-refractivity contribution in [2.24, 2.45) is 5.10 Å². The van der Waals surface area contributed by atoms with Gasteiger partial charge in [-0.2, -0.15) is 5.10 Å². The van der Waals surface area contributed by atoms with Crippen LogP contribution in [0.5, 0.6) is 11.5 Å². The molecule has 1 N–H and O–H groups in total. The van der Waals surface area contributed by atoms with Gasteiger partial charge in [-0.25, -0.2) is 5.43 Å². The van der Waals surface area contributed by atoms with Gasteiger partial charge in [0, 0.05) is 31.0 Å². The van der Waals surface area contributed by atoms with Crippen LogP contribution in [0.3, 0.4) is 0 Å². The molecule has 1 fully saturated rings. The number of nitrogens with one attached hydrogen (secondary N) is 1. The zero-order chi connectivity index (χ0) is 21.2. The van der Waals surface area contributed by atoms with E-state index in [1.54, 1.807) is 42.7 Å². The molecule has 30 heavy (non-hydrogen) atoms. The highest BCUT2D eigenvalue weighted by Crippen LogP contribution is 2.28. The third-order valence-electron chi connectivity index (χ3n) is 4.65. The standard InChI is InChI=1S/C22H26N4O4/c1-2-29-20-14-17(15-24-25-22(28)18-8-10-23-11-9-18)6-7-19(20)30-16-21(27)26-12-4-3-5-13-26/h6-11,14-15H,2-5,12-13,16H2,1H3,(H,25,28)/b24-15+. The highest BCUT2D eigenvalue weighted by atomic mass is 16.5. The van der Waals surface area contributed by atoms with Crippen LogP contribution in [0.4, 0.5) is 0 Å². The normalized spacial score (nSPS) is 13.8. The number of amides is 2. The van der Waals surface area contributed by atoms with Crippen molar-refractivity contribution in [1.82, 2.24) is 15.3 Å². The van der Waals surface area contributed by atoms with Gasteiger partial charge in [0.15, 0.2) is 18.1 Å². The summed E-state index contributed by atoms with van der Waals surface area (Å²) in [6, 6.07) is 8.49. The van der Waals surface area contributed by atoms with Gasteiger partial charge < -0.3 is 14.4 Å². The second-order valence-corrected chi connectivity index (χ2v) is 6.80. The fourth-order valence-electron chi connectivity index (χ4n) is 3.10. The monoisotopic (exact) mass is 410 g/mol. The zero-order valence-corrected chi connectivity index (χ0v) is 17.0. The first-order valence-electron chi connectivity index (χ1n) is 10.1. The van der Waals surface area contributed by atoms with E-state index in [0.717, 1.165) is 31.5 Å². The summed E-state index contributed by atoms with van der Waals surface area (Å²) in [5.74, 6) is 0.685. The lowest BCUT2D eigenvalue weighted by Crippen LogP contribution is -2.38. The lowest BCUT2D eigenvalue weighted by molar-refractivity contribution is -0.134. The van der Waals surface area contributed by atoms with E-state index >= 15 is 0 Å². The van der Waals surface area contributed by atoms with Crippen molar-refractivity contribution < 1.29 is 19.1 Å². The average Bonchev–Trinajstić information content (AvgIpc) is 2.79. The summed E-state index contributed by atoms with van der Waals surface area (Å²) in [4.78, 5) is 30.0. The fourth-order valence-corrected chi connectivity index (χ4v) is 3.10. The lowest BCUT2D eigenvalue weighted by Gasteiger charge is -2.26. The molecule has 0 unspecified atom stereocenters. The first kappa shape index (κ1) is 21.3. The summed E-state index contributed by atoms with van der Waals surface area (Å²) in [6.45, 7) is 3.89. The van der Waals surface area contributed by atoms with Crippen molar-refractivity contribution in [2.45, 2.75) is 26.2 Å². The largest absolute Gasteiger partial charge is 0.490 e. The van der Waals surface area contributed by atoms with Crippen LogP contribution in [0.1, 0.15) is 42.1 Å². The molecular weight excluding hydrogens is 384 g/mol. The van der Waals surface area contributed by atoms with Gasteiger partial charge in [-0.3, -0.25) is 14.6 Å². The Kier molecular flexibility index (Phi) is 7.77. The molecule has 1 aliphatic rings. The molecule has 0 saturated carbocycles. The Balaban J connectivity index is 1.59. The Bertz CT molecular complexity index is 880. The van der Waals surface area contributed by atoms with Crippen molar-refractivity contribution in [2.75, 3.05) is 26.3 Å². The van der Waals surface area contributed by atoms with Crippen LogP contribution in [-0.2, 0) is 4.79 Å². The summed E-state index contributed by atoms with van der Waals surface area (Å²) in [5, 5.41) is 3.98. The first-order chi connectivity index (χ1) is 14.7. The Morgan fingerprint density at radius 1 is 1.10 bits per heavy atom. The second kappa shape index (κ2) is 10.9. The van der Waals surface area contributed by atoms with Gasteiger partial charge in [-0.1, -0.05) is 0 Å².